The molecule has 0 spiro atoms. The van der Waals surface area contributed by atoms with Crippen LogP contribution in [0.1, 0.15) is 29.0 Å². The van der Waals surface area contributed by atoms with E-state index in [1.807, 2.05) is 0 Å². The Hall–Kier alpha value is -2.67. The average Bonchev–Trinajstić information content (AvgIpc) is 2.92. The smallest absolute Gasteiger partial charge is 0.332 e. The maximum atomic E-state index is 12.9. The molecule has 0 aliphatic heterocycles. The first-order valence-corrected chi connectivity index (χ1v) is 7.16. The zero-order valence-electron chi connectivity index (χ0n) is 12.0. The second-order valence-electron chi connectivity index (χ2n) is 5.02. The Morgan fingerprint density at radius 1 is 1.39 bits per heavy atom. The summed E-state index contributed by atoms with van der Waals surface area (Å²) in [6, 6.07) is 6.94. The van der Waals surface area contributed by atoms with Crippen molar-refractivity contribution in [3.63, 3.8) is 0 Å². The van der Waals surface area contributed by atoms with Crippen LogP contribution in [0.25, 0.3) is 5.65 Å². The summed E-state index contributed by atoms with van der Waals surface area (Å²) in [5.74, 6) is -0.787. The molecule has 1 amide bonds. The number of halogens is 2. The summed E-state index contributed by atoms with van der Waals surface area (Å²) >= 11 is 5.75. The number of nitrogens with zero attached hydrogens (tertiary/aromatic N) is 2. The molecular formula is C15H12ClFN4O2. The zero-order chi connectivity index (χ0) is 16.6. The van der Waals surface area contributed by atoms with Crippen LogP contribution in [0, 0.1) is 5.82 Å². The fourth-order valence-electron chi connectivity index (χ4n) is 2.19. The Labute approximate surface area is 134 Å². The zero-order valence-corrected chi connectivity index (χ0v) is 12.8. The van der Waals surface area contributed by atoms with E-state index < -0.39 is 11.6 Å². The number of fused-ring (bicyclic) bond motifs is 1. The van der Waals surface area contributed by atoms with Crippen LogP contribution < -0.4 is 11.0 Å². The predicted molar refractivity (Wildman–Crippen MR) is 83.1 cm³/mol. The number of carbonyl (C=O) groups is 1. The SMILES string of the molecule is CC(NC(=O)c1cn2c(=O)[nH]c(Cl)cc2n1)c1ccc(F)cc1. The third kappa shape index (κ3) is 3.09. The average molecular weight is 335 g/mol. The molecule has 2 heterocycles. The second kappa shape index (κ2) is 5.85. The van der Waals surface area contributed by atoms with Crippen LogP contribution in [-0.4, -0.2) is 20.3 Å². The molecule has 0 fully saturated rings. The van der Waals surface area contributed by atoms with Gasteiger partial charge in [0.15, 0.2) is 0 Å². The summed E-state index contributed by atoms with van der Waals surface area (Å²) in [6.07, 6.45) is 1.33. The molecule has 8 heteroatoms. The summed E-state index contributed by atoms with van der Waals surface area (Å²) in [6.45, 7) is 1.77. The van der Waals surface area contributed by atoms with Crippen molar-refractivity contribution < 1.29 is 9.18 Å². The van der Waals surface area contributed by atoms with E-state index in [1.165, 1.54) is 28.8 Å². The van der Waals surface area contributed by atoms with Crippen molar-refractivity contribution in [3.8, 4) is 0 Å². The van der Waals surface area contributed by atoms with Gasteiger partial charge in [-0.15, -0.1) is 0 Å². The first-order valence-electron chi connectivity index (χ1n) is 6.78. The molecule has 6 nitrogen and oxygen atoms in total. The normalized spacial score (nSPS) is 12.3. The standard InChI is InChI=1S/C15H12ClFN4O2/c1-8(9-2-4-10(17)5-3-9)18-14(22)11-7-21-13(19-11)6-12(16)20-15(21)23/h2-8H,1H3,(H,18,22)(H,20,23). The number of carbonyl (C=O) groups excluding carboxylic acids is 1. The number of hydrogen-bond donors (Lipinski definition) is 2. The van der Waals surface area contributed by atoms with Gasteiger partial charge in [0.1, 0.15) is 22.3 Å². The molecule has 2 aromatic heterocycles. The quantitative estimate of drug-likeness (QED) is 0.721. The maximum absolute atomic E-state index is 12.9. The van der Waals surface area contributed by atoms with Gasteiger partial charge in [-0.05, 0) is 24.6 Å². The molecule has 1 aromatic carbocycles. The molecular weight excluding hydrogens is 323 g/mol. The minimum atomic E-state index is -0.481. The van der Waals surface area contributed by atoms with E-state index in [-0.39, 0.29) is 28.4 Å². The van der Waals surface area contributed by atoms with Gasteiger partial charge in [0, 0.05) is 12.3 Å². The molecule has 2 N–H and O–H groups in total. The van der Waals surface area contributed by atoms with E-state index in [1.54, 1.807) is 19.1 Å². The Morgan fingerprint density at radius 3 is 2.78 bits per heavy atom. The monoisotopic (exact) mass is 334 g/mol. The van der Waals surface area contributed by atoms with Crippen molar-refractivity contribution in [1.29, 1.82) is 0 Å². The summed E-state index contributed by atoms with van der Waals surface area (Å²) < 4.78 is 14.1. The van der Waals surface area contributed by atoms with E-state index in [0.717, 1.165) is 5.56 Å². The minimum absolute atomic E-state index is 0.0896. The van der Waals surface area contributed by atoms with Crippen LogP contribution in [-0.2, 0) is 0 Å². The first-order chi connectivity index (χ1) is 10.9. The molecule has 3 aromatic rings. The van der Waals surface area contributed by atoms with Gasteiger partial charge in [0.25, 0.3) is 5.91 Å². The Balaban J connectivity index is 1.84. The van der Waals surface area contributed by atoms with Gasteiger partial charge in [0.05, 0.1) is 6.04 Å². The van der Waals surface area contributed by atoms with Crippen LogP contribution >= 0.6 is 11.6 Å². The van der Waals surface area contributed by atoms with Gasteiger partial charge in [-0.1, -0.05) is 23.7 Å². The van der Waals surface area contributed by atoms with Gasteiger partial charge < -0.3 is 5.32 Å². The molecule has 3 rings (SSSR count). The highest BCUT2D eigenvalue weighted by Crippen LogP contribution is 2.14. The lowest BCUT2D eigenvalue weighted by Gasteiger charge is -2.13. The van der Waals surface area contributed by atoms with Gasteiger partial charge in [0.2, 0.25) is 0 Å². The first kappa shape index (κ1) is 15.2. The molecule has 0 aliphatic carbocycles. The number of nitrogens with one attached hydrogen (secondary N) is 2. The fourth-order valence-corrected chi connectivity index (χ4v) is 2.36. The highest BCUT2D eigenvalue weighted by atomic mass is 35.5. The van der Waals surface area contributed by atoms with E-state index >= 15 is 0 Å². The van der Waals surface area contributed by atoms with E-state index in [4.69, 9.17) is 11.6 Å². The lowest BCUT2D eigenvalue weighted by atomic mass is 10.1. The number of benzene rings is 1. The van der Waals surface area contributed by atoms with Gasteiger partial charge in [-0.25, -0.2) is 14.2 Å². The summed E-state index contributed by atoms with van der Waals surface area (Å²) in [4.78, 5) is 30.5. The molecule has 118 valence electrons. The van der Waals surface area contributed by atoms with E-state index in [2.05, 4.69) is 15.3 Å². The topological polar surface area (TPSA) is 79.3 Å². The van der Waals surface area contributed by atoms with Crippen LogP contribution in [0.3, 0.4) is 0 Å². The Bertz CT molecular complexity index is 933. The number of aromatic amines is 1. The third-order valence-electron chi connectivity index (χ3n) is 3.38. The molecule has 0 bridgehead atoms. The largest absolute Gasteiger partial charge is 0.344 e. The lowest BCUT2D eigenvalue weighted by Crippen LogP contribution is -2.27. The maximum Gasteiger partial charge on any atom is 0.332 e. The lowest BCUT2D eigenvalue weighted by molar-refractivity contribution is 0.0935. The van der Waals surface area contributed by atoms with Crippen LogP contribution in [0.2, 0.25) is 5.15 Å². The van der Waals surface area contributed by atoms with Gasteiger partial charge in [-0.2, -0.15) is 0 Å². The van der Waals surface area contributed by atoms with Crippen molar-refractivity contribution in [1.82, 2.24) is 19.7 Å². The van der Waals surface area contributed by atoms with E-state index in [0.29, 0.717) is 0 Å². The van der Waals surface area contributed by atoms with Crippen molar-refractivity contribution >= 4 is 23.2 Å². The predicted octanol–water partition coefficient (Wildman–Crippen LogP) is 2.31. The highest BCUT2D eigenvalue weighted by Gasteiger charge is 2.16. The van der Waals surface area contributed by atoms with Crippen molar-refractivity contribution in [2.75, 3.05) is 0 Å². The molecule has 0 radical (unpaired) electrons. The molecule has 0 saturated heterocycles. The molecule has 23 heavy (non-hydrogen) atoms. The number of aromatic nitrogens is 3. The Kier molecular flexibility index (Phi) is 3.87. The second-order valence-corrected chi connectivity index (χ2v) is 5.43. The number of H-pyrrole nitrogens is 1. The van der Waals surface area contributed by atoms with Gasteiger partial charge in [-0.3, -0.25) is 14.2 Å². The third-order valence-corrected chi connectivity index (χ3v) is 3.59. The molecule has 1 atom stereocenters. The number of rotatable bonds is 3. The van der Waals surface area contributed by atoms with Crippen molar-refractivity contribution in [2.45, 2.75) is 13.0 Å². The van der Waals surface area contributed by atoms with Crippen LogP contribution in [0.15, 0.2) is 41.3 Å². The number of amides is 1. The Morgan fingerprint density at radius 2 is 2.09 bits per heavy atom. The molecule has 0 saturated carbocycles. The number of hydrogen-bond acceptors (Lipinski definition) is 3. The van der Waals surface area contributed by atoms with Crippen LogP contribution in [0.4, 0.5) is 4.39 Å². The minimum Gasteiger partial charge on any atom is -0.344 e. The molecule has 1 unspecified atom stereocenters. The highest BCUT2D eigenvalue weighted by molar-refractivity contribution is 6.29. The number of imidazole rings is 1. The summed E-state index contributed by atoms with van der Waals surface area (Å²) in [7, 11) is 0. The van der Waals surface area contributed by atoms with Crippen molar-refractivity contribution in [2.24, 2.45) is 0 Å². The van der Waals surface area contributed by atoms with Crippen LogP contribution in [0.5, 0.6) is 0 Å². The van der Waals surface area contributed by atoms with E-state index in [9.17, 15) is 14.0 Å². The fraction of sp³-hybridized carbons (Fsp3) is 0.133. The summed E-state index contributed by atoms with van der Waals surface area (Å²) in [5.41, 5.74) is 0.639. The summed E-state index contributed by atoms with van der Waals surface area (Å²) in [5, 5.41) is 2.88. The molecule has 0 aliphatic rings. The van der Waals surface area contributed by atoms with Crippen molar-refractivity contribution in [3.05, 3.63) is 69.2 Å². The van der Waals surface area contributed by atoms with Gasteiger partial charge >= 0.3 is 5.69 Å².